The van der Waals surface area contributed by atoms with Crippen molar-refractivity contribution in [3.63, 3.8) is 0 Å². The Kier molecular flexibility index (Phi) is 8.45. The molecule has 0 saturated carbocycles. The van der Waals surface area contributed by atoms with Gasteiger partial charge < -0.3 is 14.2 Å². The van der Waals surface area contributed by atoms with Crippen LogP contribution in [0.5, 0.6) is 0 Å². The monoisotopic (exact) mass is 383 g/mol. The van der Waals surface area contributed by atoms with Crippen molar-refractivity contribution >= 4 is 25.7 Å². The van der Waals surface area contributed by atoms with Crippen LogP contribution in [0.4, 0.5) is 0 Å². The molecule has 0 fully saturated rings. The zero-order valence-electron chi connectivity index (χ0n) is 16.2. The Balaban J connectivity index is 1.96. The van der Waals surface area contributed by atoms with Crippen LogP contribution in [0.25, 0.3) is 6.08 Å². The van der Waals surface area contributed by atoms with Crippen molar-refractivity contribution in [2.75, 3.05) is 19.8 Å². The van der Waals surface area contributed by atoms with Crippen molar-refractivity contribution < 1.29 is 13.6 Å². The summed E-state index contributed by atoms with van der Waals surface area (Å²) < 4.78 is 12.3. The lowest BCUT2D eigenvalue weighted by molar-refractivity contribution is 0.0953. The summed E-state index contributed by atoms with van der Waals surface area (Å²) in [5, 5.41) is 4.13. The number of carbonyl (C=O) groups is 1. The summed E-state index contributed by atoms with van der Waals surface area (Å²) in [6, 6.07) is 18.4. The lowest BCUT2D eigenvalue weighted by Crippen LogP contribution is -2.54. The highest BCUT2D eigenvalue weighted by atomic mass is 28.4. The first kappa shape index (κ1) is 21.1. The average Bonchev–Trinajstić information content (AvgIpc) is 2.72. The van der Waals surface area contributed by atoms with E-state index in [-0.39, 0.29) is 5.91 Å². The molecule has 0 spiro atoms. The molecular formula is C22H29NO3Si. The van der Waals surface area contributed by atoms with Crippen LogP contribution >= 0.6 is 0 Å². The molecule has 0 aliphatic carbocycles. The second-order valence-corrected chi connectivity index (χ2v) is 9.33. The van der Waals surface area contributed by atoms with Gasteiger partial charge in [0.1, 0.15) is 0 Å². The van der Waals surface area contributed by atoms with Gasteiger partial charge in [0.15, 0.2) is 0 Å². The zero-order valence-corrected chi connectivity index (χ0v) is 17.2. The Morgan fingerprint density at radius 1 is 1.04 bits per heavy atom. The van der Waals surface area contributed by atoms with Gasteiger partial charge in [-0.1, -0.05) is 55.1 Å². The van der Waals surface area contributed by atoms with E-state index in [1.54, 1.807) is 6.08 Å². The minimum atomic E-state index is -2.50. The Hall–Kier alpha value is -2.21. The zero-order chi connectivity index (χ0) is 19.5. The molecule has 0 aliphatic heterocycles. The van der Waals surface area contributed by atoms with Crippen LogP contribution in [0.15, 0.2) is 61.2 Å². The van der Waals surface area contributed by atoms with Gasteiger partial charge in [-0.3, -0.25) is 4.79 Å². The lowest BCUT2D eigenvalue weighted by atomic mass is 10.1. The van der Waals surface area contributed by atoms with Gasteiger partial charge in [-0.25, -0.2) is 0 Å². The molecule has 0 saturated heterocycles. The summed E-state index contributed by atoms with van der Waals surface area (Å²) in [6.07, 6.45) is 2.56. The van der Waals surface area contributed by atoms with Gasteiger partial charge in [-0.2, -0.15) is 0 Å². The fourth-order valence-electron chi connectivity index (χ4n) is 3.05. The van der Waals surface area contributed by atoms with E-state index in [4.69, 9.17) is 8.85 Å². The van der Waals surface area contributed by atoms with Gasteiger partial charge in [0.2, 0.25) is 0 Å². The Bertz CT molecular complexity index is 710. The molecule has 4 nitrogen and oxygen atoms in total. The first-order chi connectivity index (χ1) is 13.1. The molecule has 0 unspecified atom stereocenters. The van der Waals surface area contributed by atoms with Gasteiger partial charge in [-0.15, -0.1) is 0 Å². The lowest BCUT2D eigenvalue weighted by Gasteiger charge is -2.30. The third-order valence-electron chi connectivity index (χ3n) is 4.35. The maximum absolute atomic E-state index is 12.3. The molecule has 2 aromatic carbocycles. The maximum Gasteiger partial charge on any atom is 0.372 e. The number of benzene rings is 2. The molecule has 0 atom stereocenters. The Labute approximate surface area is 163 Å². The molecule has 5 heteroatoms. The molecular weight excluding hydrogens is 354 g/mol. The van der Waals surface area contributed by atoms with Gasteiger partial charge in [0.25, 0.3) is 5.91 Å². The normalized spacial score (nSPS) is 11.2. The third kappa shape index (κ3) is 5.89. The SMILES string of the molecule is C=Cc1ccc(C(=O)NCCC[Si](OCC)(OCC)c2ccccc2)cc1. The maximum atomic E-state index is 12.3. The van der Waals surface area contributed by atoms with Crippen molar-refractivity contribution in [2.45, 2.75) is 26.3 Å². The van der Waals surface area contributed by atoms with Crippen molar-refractivity contribution in [1.29, 1.82) is 0 Å². The highest BCUT2D eigenvalue weighted by Gasteiger charge is 2.38. The fraction of sp³-hybridized carbons (Fsp3) is 0.318. The molecule has 1 N–H and O–H groups in total. The minimum absolute atomic E-state index is 0.0644. The fourth-order valence-corrected chi connectivity index (χ4v) is 6.32. The number of rotatable bonds is 11. The molecule has 0 aliphatic rings. The highest BCUT2D eigenvalue weighted by molar-refractivity contribution is 6.81. The van der Waals surface area contributed by atoms with Crippen LogP contribution in [-0.4, -0.2) is 34.2 Å². The summed E-state index contributed by atoms with van der Waals surface area (Å²) in [5.41, 5.74) is 1.65. The van der Waals surface area contributed by atoms with Crippen LogP contribution in [0.1, 0.15) is 36.2 Å². The molecule has 0 radical (unpaired) electrons. The molecule has 27 heavy (non-hydrogen) atoms. The van der Waals surface area contributed by atoms with E-state index in [0.29, 0.717) is 25.3 Å². The predicted octanol–water partition coefficient (Wildman–Crippen LogP) is 3.87. The summed E-state index contributed by atoms with van der Waals surface area (Å²) in [6.45, 7) is 9.54. The Morgan fingerprint density at radius 2 is 1.67 bits per heavy atom. The summed E-state index contributed by atoms with van der Waals surface area (Å²) in [7, 11) is -2.50. The topological polar surface area (TPSA) is 47.6 Å². The van der Waals surface area contributed by atoms with Crippen molar-refractivity contribution in [3.8, 4) is 0 Å². The molecule has 0 heterocycles. The number of nitrogens with one attached hydrogen (secondary N) is 1. The van der Waals surface area contributed by atoms with Gasteiger partial charge in [0, 0.05) is 25.3 Å². The van der Waals surface area contributed by atoms with Crippen LogP contribution < -0.4 is 10.5 Å². The average molecular weight is 384 g/mol. The van der Waals surface area contributed by atoms with E-state index in [2.05, 4.69) is 24.0 Å². The number of amides is 1. The predicted molar refractivity (Wildman–Crippen MR) is 113 cm³/mol. The van der Waals surface area contributed by atoms with E-state index in [9.17, 15) is 4.79 Å². The minimum Gasteiger partial charge on any atom is -0.391 e. The van der Waals surface area contributed by atoms with Crippen molar-refractivity contribution in [3.05, 3.63) is 72.3 Å². The van der Waals surface area contributed by atoms with Gasteiger partial charge >= 0.3 is 8.56 Å². The van der Waals surface area contributed by atoms with Crippen LogP contribution in [0.2, 0.25) is 6.04 Å². The summed E-state index contributed by atoms with van der Waals surface area (Å²) >= 11 is 0. The first-order valence-corrected chi connectivity index (χ1v) is 11.5. The van der Waals surface area contributed by atoms with Gasteiger partial charge in [-0.05, 0) is 49.2 Å². The van der Waals surface area contributed by atoms with Crippen LogP contribution in [0, 0.1) is 0 Å². The first-order valence-electron chi connectivity index (χ1n) is 9.49. The second kappa shape index (κ2) is 10.8. The quantitative estimate of drug-likeness (QED) is 0.473. The van der Waals surface area contributed by atoms with E-state index in [1.807, 2.05) is 56.3 Å². The molecule has 144 valence electrons. The highest BCUT2D eigenvalue weighted by Crippen LogP contribution is 2.17. The summed E-state index contributed by atoms with van der Waals surface area (Å²) in [5.74, 6) is -0.0644. The molecule has 0 bridgehead atoms. The molecule has 2 aromatic rings. The Morgan fingerprint density at radius 3 is 2.22 bits per heavy atom. The van der Waals surface area contributed by atoms with Gasteiger partial charge in [0.05, 0.1) is 0 Å². The van der Waals surface area contributed by atoms with Crippen LogP contribution in [0.3, 0.4) is 0 Å². The second-order valence-electron chi connectivity index (χ2n) is 6.17. The summed E-state index contributed by atoms with van der Waals surface area (Å²) in [4.78, 5) is 12.3. The van der Waals surface area contributed by atoms with E-state index in [1.165, 1.54) is 0 Å². The van der Waals surface area contributed by atoms with E-state index < -0.39 is 8.56 Å². The number of hydrogen-bond donors (Lipinski definition) is 1. The number of carbonyl (C=O) groups excluding carboxylic acids is 1. The smallest absolute Gasteiger partial charge is 0.372 e. The standard InChI is InChI=1S/C22H29NO3Si/c1-4-19-13-15-20(16-14-19)22(24)23-17-10-18-27(25-5-2,26-6-3)21-11-8-7-9-12-21/h4,7-9,11-16H,1,5-6,10,17-18H2,2-3H3,(H,23,24). The van der Waals surface area contributed by atoms with E-state index in [0.717, 1.165) is 23.2 Å². The van der Waals surface area contributed by atoms with Crippen LogP contribution in [-0.2, 0) is 8.85 Å². The van der Waals surface area contributed by atoms with Crippen molar-refractivity contribution in [2.24, 2.45) is 0 Å². The third-order valence-corrected chi connectivity index (χ3v) is 8.08. The molecule has 0 aromatic heterocycles. The van der Waals surface area contributed by atoms with Crippen molar-refractivity contribution in [1.82, 2.24) is 5.32 Å². The largest absolute Gasteiger partial charge is 0.391 e. The number of hydrogen-bond acceptors (Lipinski definition) is 3. The molecule has 1 amide bonds. The van der Waals surface area contributed by atoms with E-state index >= 15 is 0 Å². The molecule has 2 rings (SSSR count).